The van der Waals surface area contributed by atoms with Gasteiger partial charge in [-0.2, -0.15) is 0 Å². The molecular weight excluding hydrogens is 65.7 g/mol. The highest BCUT2D eigenvalue weighted by Gasteiger charge is 1.59. The fourth-order valence-electron chi connectivity index (χ4n) is 0. The van der Waals surface area contributed by atoms with Crippen molar-refractivity contribution >= 4 is 32.6 Å². The molecule has 0 aliphatic carbocycles. The Morgan fingerprint density at radius 3 is 1.50 bits per heavy atom. The lowest BCUT2D eigenvalue weighted by Gasteiger charge is -1.59. The molecule has 0 heterocycles. The van der Waals surface area contributed by atoms with Crippen molar-refractivity contribution in [2.45, 2.75) is 0 Å². The van der Waals surface area contributed by atoms with Crippen LogP contribution in [0.3, 0.4) is 0 Å². The molecule has 0 radical (unpaired) electrons. The Balaban J connectivity index is 2.80. The van der Waals surface area contributed by atoms with Gasteiger partial charge >= 0.3 is 0 Å². The van der Waals surface area contributed by atoms with Gasteiger partial charge in [-0.05, 0) is 0 Å². The lowest BCUT2D eigenvalue weighted by molar-refractivity contribution is 3.83. The molecule has 0 saturated heterocycles. The average Bonchev–Trinajstić information content (AvgIpc) is 0.811. The van der Waals surface area contributed by atoms with Crippen molar-refractivity contribution in [3.05, 3.63) is 0 Å². The topological polar surface area (TPSA) is 0 Å². The summed E-state index contributed by atoms with van der Waals surface area (Å²) in [4.78, 5) is 0. The van der Waals surface area contributed by atoms with E-state index in [4.69, 9.17) is 0 Å². The highest BCUT2D eigenvalue weighted by atomic mass is 32.1. The maximum atomic E-state index is 4.54. The van der Waals surface area contributed by atoms with Crippen molar-refractivity contribution in [1.82, 2.24) is 0 Å². The van der Waals surface area contributed by atoms with Crippen LogP contribution in [0.4, 0.5) is 0 Å². The average molecular weight is 69.7 g/mol. The second kappa shape index (κ2) is 1.53. The van der Waals surface area contributed by atoms with E-state index in [-0.39, 0.29) is 0 Å². The summed E-state index contributed by atoms with van der Waals surface area (Å²) in [5.74, 6) is 0. The molecule has 0 spiro atoms. The van der Waals surface area contributed by atoms with E-state index in [0.29, 0.717) is 0 Å². The molecule has 20 valence electrons. The zero-order valence-corrected chi connectivity index (χ0v) is 3.72. The molecule has 0 aromatic rings. The quantitative estimate of drug-likeness (QED) is 0.248. The van der Waals surface area contributed by atoms with Crippen LogP contribution in [0.15, 0.2) is 0 Å². The predicted molar refractivity (Wildman–Crippen MR) is 29.7 cm³/mol. The zero-order chi connectivity index (χ0) is 3.58. The summed E-state index contributed by atoms with van der Waals surface area (Å²) in [6.07, 6.45) is 0. The van der Waals surface area contributed by atoms with Crippen LogP contribution in [-0.4, -0.2) is 20.4 Å². The number of hydrogen-bond acceptors (Lipinski definition) is 1. The molecule has 0 rings (SSSR count). The molecule has 0 aromatic carbocycles. The second-order valence-corrected chi connectivity index (χ2v) is 1.72. The Hall–Kier alpha value is 0.220. The molecule has 0 fully saturated rings. The van der Waals surface area contributed by atoms with E-state index >= 15 is 0 Å². The van der Waals surface area contributed by atoms with Gasteiger partial charge in [0.15, 0.2) is 0 Å². The lowest BCUT2D eigenvalue weighted by Crippen LogP contribution is -1.84. The van der Waals surface area contributed by atoms with Crippen LogP contribution < -0.4 is 0 Å². The minimum Gasteiger partial charge on any atom is -0.112 e. The Morgan fingerprint density at radius 1 is 1.50 bits per heavy atom. The third-order valence-corrected chi connectivity index (χ3v) is 0. The van der Waals surface area contributed by atoms with Gasteiger partial charge in [0.25, 0.3) is 0 Å². The maximum Gasteiger partial charge on any atom is 0.135 e. The van der Waals surface area contributed by atoms with Gasteiger partial charge in [-0.15, -0.1) is 12.2 Å². The first kappa shape index (κ1) is 4.22. The molecule has 0 saturated carbocycles. The number of hydrogen-bond donors (Lipinski definition) is 0. The highest BCUT2D eigenvalue weighted by molar-refractivity contribution is 7.86. The largest absolute Gasteiger partial charge is 0.135 e. The van der Waals surface area contributed by atoms with E-state index in [0.717, 1.165) is 4.66 Å². The summed E-state index contributed by atoms with van der Waals surface area (Å²) < 4.78 is 1.00. The monoisotopic (exact) mass is 70.0 g/mol. The molecule has 0 nitrogen and oxygen atoms in total. The van der Waals surface area contributed by atoms with E-state index in [9.17, 15) is 0 Å². The van der Waals surface area contributed by atoms with Crippen molar-refractivity contribution in [3.63, 3.8) is 0 Å². The van der Waals surface area contributed by atoms with Crippen molar-refractivity contribution in [2.24, 2.45) is 0 Å². The Labute approximate surface area is 33.4 Å². The zero-order valence-electron chi connectivity index (χ0n) is 2.91. The minimum absolute atomic E-state index is 1.00. The molecule has 0 atom stereocenters. The third kappa shape index (κ3) is 68.3. The summed E-state index contributed by atoms with van der Waals surface area (Å²) in [7, 11) is 3.80. The summed E-state index contributed by atoms with van der Waals surface area (Å²) in [6, 6.07) is 0. The van der Waals surface area contributed by atoms with Crippen LogP contribution in [0.5, 0.6) is 0 Å². The van der Waals surface area contributed by atoms with Crippen LogP contribution in [-0.2, 0) is 0 Å². The van der Waals surface area contributed by atoms with Crippen LogP contribution in [0, 0.1) is 0 Å². The summed E-state index contributed by atoms with van der Waals surface area (Å²) >= 11 is 4.54. The van der Waals surface area contributed by atoms with Crippen LogP contribution in [0.1, 0.15) is 0 Å². The molecular formula is CH4B2S. The molecule has 0 aliphatic heterocycles. The van der Waals surface area contributed by atoms with Gasteiger partial charge < -0.3 is 0 Å². The van der Waals surface area contributed by atoms with E-state index in [2.05, 4.69) is 12.2 Å². The standard InChI is InChI=1S/CH4B2S/c2-1(3)4/h2-3H2. The first-order valence-corrected chi connectivity index (χ1v) is 1.61. The fraction of sp³-hybridized carbons (Fsp3) is 0. The predicted octanol–water partition coefficient (Wildman–Crippen LogP) is -1.46. The third-order valence-electron chi connectivity index (χ3n) is 0. The van der Waals surface area contributed by atoms with Crippen LogP contribution in [0.2, 0.25) is 0 Å². The number of thiocarbonyl (C=S) groups is 1. The molecule has 0 unspecified atom stereocenters. The smallest absolute Gasteiger partial charge is 0.112 e. The van der Waals surface area contributed by atoms with E-state index in [1.807, 2.05) is 15.7 Å². The normalized spacial score (nSPS) is 6.00. The van der Waals surface area contributed by atoms with Crippen molar-refractivity contribution in [3.8, 4) is 0 Å². The van der Waals surface area contributed by atoms with Crippen LogP contribution in [0.25, 0.3) is 0 Å². The van der Waals surface area contributed by atoms with Gasteiger partial charge in [-0.25, -0.2) is 0 Å². The van der Waals surface area contributed by atoms with E-state index in [1.54, 1.807) is 0 Å². The second-order valence-electron chi connectivity index (χ2n) is 0.908. The van der Waals surface area contributed by atoms with Gasteiger partial charge in [0.2, 0.25) is 0 Å². The molecule has 0 aromatic heterocycles. The summed E-state index contributed by atoms with van der Waals surface area (Å²) in [5.41, 5.74) is 0. The number of rotatable bonds is 0. The van der Waals surface area contributed by atoms with Crippen molar-refractivity contribution in [2.75, 3.05) is 0 Å². The first-order chi connectivity index (χ1) is 1.73. The maximum absolute atomic E-state index is 4.54. The Kier molecular flexibility index (Phi) is 1.61. The van der Waals surface area contributed by atoms with E-state index in [1.165, 1.54) is 0 Å². The highest BCUT2D eigenvalue weighted by Crippen LogP contribution is 1.45. The summed E-state index contributed by atoms with van der Waals surface area (Å²) in [6.45, 7) is 0. The molecule has 4 heavy (non-hydrogen) atoms. The Morgan fingerprint density at radius 2 is 1.50 bits per heavy atom. The van der Waals surface area contributed by atoms with Crippen molar-refractivity contribution < 1.29 is 0 Å². The molecule has 0 N–H and O–H groups in total. The molecule has 3 heteroatoms. The van der Waals surface area contributed by atoms with Gasteiger partial charge in [0.05, 0.1) is 0 Å². The minimum atomic E-state index is 1.00. The fourth-order valence-corrected chi connectivity index (χ4v) is 0. The molecule has 0 aliphatic rings. The summed E-state index contributed by atoms with van der Waals surface area (Å²) in [5, 5.41) is 0. The molecule has 0 amide bonds. The van der Waals surface area contributed by atoms with Crippen molar-refractivity contribution in [1.29, 1.82) is 0 Å². The van der Waals surface area contributed by atoms with Crippen LogP contribution >= 0.6 is 12.2 Å². The SMILES string of the molecule is BC(B)=S. The lowest BCUT2D eigenvalue weighted by atomic mass is 9.87. The Bertz CT molecular complexity index is 29.0. The van der Waals surface area contributed by atoms with Gasteiger partial charge in [0.1, 0.15) is 15.7 Å². The van der Waals surface area contributed by atoms with E-state index < -0.39 is 0 Å². The molecule has 0 bridgehead atoms. The first-order valence-electron chi connectivity index (χ1n) is 1.20. The van der Waals surface area contributed by atoms with Gasteiger partial charge in [-0.3, -0.25) is 0 Å². The van der Waals surface area contributed by atoms with Gasteiger partial charge in [-0.1, -0.05) is 4.66 Å². The van der Waals surface area contributed by atoms with Gasteiger partial charge in [0, 0.05) is 0 Å².